The van der Waals surface area contributed by atoms with Gasteiger partial charge in [0.05, 0.1) is 4.92 Å². The molecular formula is C10H16N4O3. The lowest BCUT2D eigenvalue weighted by Crippen LogP contribution is -2.05. The predicted octanol–water partition coefficient (Wildman–Crippen LogP) is 1.35. The lowest BCUT2D eigenvalue weighted by molar-refractivity contribution is -0.385. The van der Waals surface area contributed by atoms with Gasteiger partial charge >= 0.3 is 5.69 Å². The first kappa shape index (κ1) is 13.3. The SMILES string of the molecule is O=[N+]([O-])c1cnc(NCCCCCCO)nc1. The second kappa shape index (κ2) is 7.50. The maximum Gasteiger partial charge on any atom is 0.305 e. The van der Waals surface area contributed by atoms with Crippen molar-refractivity contribution in [1.82, 2.24) is 9.97 Å². The molecule has 7 heteroatoms. The summed E-state index contributed by atoms with van der Waals surface area (Å²) in [5.41, 5.74) is -0.113. The van der Waals surface area contributed by atoms with Gasteiger partial charge in [-0.3, -0.25) is 10.1 Å². The topological polar surface area (TPSA) is 101 Å². The standard InChI is InChI=1S/C10H16N4O3/c15-6-4-2-1-3-5-11-10-12-7-9(8-13-10)14(16)17/h7-8,15H,1-6H2,(H,11,12,13). The number of aromatic nitrogens is 2. The molecule has 94 valence electrons. The van der Waals surface area contributed by atoms with E-state index in [-0.39, 0.29) is 12.3 Å². The molecule has 0 saturated carbocycles. The molecule has 0 fully saturated rings. The van der Waals surface area contributed by atoms with E-state index < -0.39 is 4.92 Å². The van der Waals surface area contributed by atoms with Gasteiger partial charge in [-0.1, -0.05) is 12.8 Å². The van der Waals surface area contributed by atoms with Crippen molar-refractivity contribution in [2.75, 3.05) is 18.5 Å². The molecule has 0 aliphatic heterocycles. The van der Waals surface area contributed by atoms with Crippen molar-refractivity contribution in [3.63, 3.8) is 0 Å². The zero-order valence-electron chi connectivity index (χ0n) is 9.50. The number of nitrogens with zero attached hydrogens (tertiary/aromatic N) is 3. The first-order chi connectivity index (χ1) is 8.24. The van der Waals surface area contributed by atoms with E-state index in [1.807, 2.05) is 0 Å². The van der Waals surface area contributed by atoms with Crippen molar-refractivity contribution in [2.24, 2.45) is 0 Å². The fourth-order valence-electron chi connectivity index (χ4n) is 1.30. The normalized spacial score (nSPS) is 10.2. The smallest absolute Gasteiger partial charge is 0.305 e. The van der Waals surface area contributed by atoms with Gasteiger partial charge in [0.1, 0.15) is 12.4 Å². The molecule has 17 heavy (non-hydrogen) atoms. The molecule has 0 aliphatic rings. The van der Waals surface area contributed by atoms with Gasteiger partial charge in [-0.05, 0) is 12.8 Å². The Kier molecular flexibility index (Phi) is 5.87. The summed E-state index contributed by atoms with van der Waals surface area (Å²) in [7, 11) is 0. The molecular weight excluding hydrogens is 224 g/mol. The van der Waals surface area contributed by atoms with Crippen molar-refractivity contribution in [1.29, 1.82) is 0 Å². The van der Waals surface area contributed by atoms with Crippen LogP contribution in [0.1, 0.15) is 25.7 Å². The summed E-state index contributed by atoms with van der Waals surface area (Å²) < 4.78 is 0. The number of nitro groups is 1. The van der Waals surface area contributed by atoms with Crippen LogP contribution in [0.4, 0.5) is 11.6 Å². The molecule has 1 rings (SSSR count). The third-order valence-electron chi connectivity index (χ3n) is 2.22. The summed E-state index contributed by atoms with van der Waals surface area (Å²) in [6.07, 6.45) is 6.18. The largest absolute Gasteiger partial charge is 0.396 e. The Bertz CT molecular complexity index is 342. The molecule has 0 atom stereocenters. The van der Waals surface area contributed by atoms with E-state index in [1.165, 1.54) is 12.4 Å². The Balaban J connectivity index is 2.21. The highest BCUT2D eigenvalue weighted by Crippen LogP contribution is 2.08. The maximum absolute atomic E-state index is 10.4. The molecule has 1 heterocycles. The summed E-state index contributed by atoms with van der Waals surface area (Å²) in [5.74, 6) is 0.401. The van der Waals surface area contributed by atoms with Gasteiger partial charge in [0.2, 0.25) is 5.95 Å². The quantitative estimate of drug-likeness (QED) is 0.404. The van der Waals surface area contributed by atoms with E-state index in [2.05, 4.69) is 15.3 Å². The number of aliphatic hydroxyl groups excluding tert-OH is 1. The Hall–Kier alpha value is -1.76. The van der Waals surface area contributed by atoms with Gasteiger partial charge in [0, 0.05) is 13.2 Å². The van der Waals surface area contributed by atoms with Crippen LogP contribution in [0.2, 0.25) is 0 Å². The molecule has 0 saturated heterocycles. The molecule has 1 aromatic rings. The van der Waals surface area contributed by atoms with Gasteiger partial charge in [-0.15, -0.1) is 0 Å². The highest BCUT2D eigenvalue weighted by atomic mass is 16.6. The molecule has 2 N–H and O–H groups in total. The van der Waals surface area contributed by atoms with Crippen LogP contribution in [0.3, 0.4) is 0 Å². The zero-order chi connectivity index (χ0) is 12.5. The number of rotatable bonds is 8. The van der Waals surface area contributed by atoms with Crippen LogP contribution in [-0.2, 0) is 0 Å². The summed E-state index contributed by atoms with van der Waals surface area (Å²) in [6, 6.07) is 0. The van der Waals surface area contributed by atoms with Crippen molar-refractivity contribution in [3.8, 4) is 0 Å². The number of anilines is 1. The minimum atomic E-state index is -0.529. The highest BCUT2D eigenvalue weighted by Gasteiger charge is 2.05. The van der Waals surface area contributed by atoms with Crippen molar-refractivity contribution in [3.05, 3.63) is 22.5 Å². The van der Waals surface area contributed by atoms with Crippen LogP contribution in [0, 0.1) is 10.1 Å². The molecule has 7 nitrogen and oxygen atoms in total. The molecule has 0 aromatic carbocycles. The van der Waals surface area contributed by atoms with Crippen LogP contribution in [0.25, 0.3) is 0 Å². The lowest BCUT2D eigenvalue weighted by Gasteiger charge is -2.03. The second-order valence-electron chi connectivity index (χ2n) is 3.59. The third kappa shape index (κ3) is 5.21. The van der Waals surface area contributed by atoms with E-state index in [9.17, 15) is 10.1 Å². The molecule has 1 aromatic heterocycles. The van der Waals surface area contributed by atoms with E-state index >= 15 is 0 Å². The molecule has 0 aliphatic carbocycles. The Morgan fingerprint density at radius 3 is 2.47 bits per heavy atom. The minimum Gasteiger partial charge on any atom is -0.396 e. The second-order valence-corrected chi connectivity index (χ2v) is 3.59. The van der Waals surface area contributed by atoms with Crippen LogP contribution in [0.5, 0.6) is 0 Å². The number of aliphatic hydroxyl groups is 1. The van der Waals surface area contributed by atoms with Crippen molar-refractivity contribution < 1.29 is 10.0 Å². The Morgan fingerprint density at radius 2 is 1.88 bits per heavy atom. The first-order valence-electron chi connectivity index (χ1n) is 5.55. The average molecular weight is 240 g/mol. The van der Waals surface area contributed by atoms with Gasteiger partial charge < -0.3 is 10.4 Å². The molecule has 0 unspecified atom stereocenters. The number of nitrogens with one attached hydrogen (secondary N) is 1. The lowest BCUT2D eigenvalue weighted by atomic mass is 10.2. The van der Waals surface area contributed by atoms with E-state index in [0.29, 0.717) is 5.95 Å². The number of hydrogen-bond acceptors (Lipinski definition) is 6. The molecule has 0 radical (unpaired) electrons. The zero-order valence-corrected chi connectivity index (χ0v) is 9.50. The third-order valence-corrected chi connectivity index (χ3v) is 2.22. The highest BCUT2D eigenvalue weighted by molar-refractivity contribution is 5.30. The van der Waals surface area contributed by atoms with Gasteiger partial charge in [0.15, 0.2) is 0 Å². The van der Waals surface area contributed by atoms with Crippen LogP contribution in [-0.4, -0.2) is 33.1 Å². The predicted molar refractivity (Wildman–Crippen MR) is 62.7 cm³/mol. The number of hydrogen-bond donors (Lipinski definition) is 2. The van der Waals surface area contributed by atoms with Gasteiger partial charge in [0.25, 0.3) is 0 Å². The first-order valence-corrected chi connectivity index (χ1v) is 5.55. The Labute approximate surface area is 99.1 Å². The summed E-state index contributed by atoms with van der Waals surface area (Å²) in [5, 5.41) is 21.9. The monoisotopic (exact) mass is 240 g/mol. The van der Waals surface area contributed by atoms with Crippen molar-refractivity contribution in [2.45, 2.75) is 25.7 Å². The fraction of sp³-hybridized carbons (Fsp3) is 0.600. The van der Waals surface area contributed by atoms with Gasteiger partial charge in [-0.25, -0.2) is 9.97 Å². The molecule has 0 spiro atoms. The van der Waals surface area contributed by atoms with Crippen LogP contribution < -0.4 is 5.32 Å². The minimum absolute atomic E-state index is 0.113. The Morgan fingerprint density at radius 1 is 1.24 bits per heavy atom. The van der Waals surface area contributed by atoms with E-state index in [0.717, 1.165) is 32.2 Å². The van der Waals surface area contributed by atoms with E-state index in [1.54, 1.807) is 0 Å². The maximum atomic E-state index is 10.4. The summed E-state index contributed by atoms with van der Waals surface area (Å²) in [4.78, 5) is 17.5. The average Bonchev–Trinajstić information content (AvgIpc) is 2.34. The van der Waals surface area contributed by atoms with Crippen LogP contribution >= 0.6 is 0 Å². The molecule has 0 amide bonds. The summed E-state index contributed by atoms with van der Waals surface area (Å²) in [6.45, 7) is 0.960. The summed E-state index contributed by atoms with van der Waals surface area (Å²) >= 11 is 0. The molecule has 0 bridgehead atoms. The van der Waals surface area contributed by atoms with Crippen molar-refractivity contribution >= 4 is 11.6 Å². The van der Waals surface area contributed by atoms with Gasteiger partial charge in [-0.2, -0.15) is 0 Å². The van der Waals surface area contributed by atoms with E-state index in [4.69, 9.17) is 5.11 Å². The van der Waals surface area contributed by atoms with Crippen LogP contribution in [0.15, 0.2) is 12.4 Å². The fourth-order valence-corrected chi connectivity index (χ4v) is 1.30. The number of unbranched alkanes of at least 4 members (excludes halogenated alkanes) is 3.